The number of phenolic OH excluding ortho intramolecular Hbond substituents is 1. The van der Waals surface area contributed by atoms with E-state index in [1.807, 2.05) is 12.1 Å². The summed E-state index contributed by atoms with van der Waals surface area (Å²) < 4.78 is 0. The summed E-state index contributed by atoms with van der Waals surface area (Å²) in [5.74, 6) is 0.908. The zero-order chi connectivity index (χ0) is 14.5. The van der Waals surface area contributed by atoms with Crippen LogP contribution in [0.2, 0.25) is 0 Å². The number of nitrogens with zero attached hydrogens (tertiary/aromatic N) is 3. The molecule has 0 aliphatic carbocycles. The average Bonchev–Trinajstić information content (AvgIpc) is 2.82. The van der Waals surface area contributed by atoms with Gasteiger partial charge in [0.2, 0.25) is 0 Å². The van der Waals surface area contributed by atoms with Gasteiger partial charge in [-0.3, -0.25) is 4.99 Å². The van der Waals surface area contributed by atoms with Crippen LogP contribution in [0.5, 0.6) is 5.75 Å². The summed E-state index contributed by atoms with van der Waals surface area (Å²) in [5.41, 5.74) is 7.16. The van der Waals surface area contributed by atoms with Crippen molar-refractivity contribution in [2.24, 2.45) is 10.7 Å². The second-order valence-electron chi connectivity index (χ2n) is 5.03. The highest BCUT2D eigenvalue weighted by molar-refractivity contribution is 5.80. The zero-order valence-corrected chi connectivity index (χ0v) is 12.3. The molecule has 0 saturated heterocycles. The van der Waals surface area contributed by atoms with E-state index in [1.165, 1.54) is 0 Å². The van der Waals surface area contributed by atoms with Gasteiger partial charge in [0.15, 0.2) is 5.96 Å². The Morgan fingerprint density at radius 3 is 2.55 bits per heavy atom. The first kappa shape index (κ1) is 14.7. The minimum atomic E-state index is 0.186. The van der Waals surface area contributed by atoms with Gasteiger partial charge in [-0.25, -0.2) is 0 Å². The molecule has 5 nitrogen and oxygen atoms in total. The number of guanidine groups is 1. The van der Waals surface area contributed by atoms with Gasteiger partial charge in [-0.1, -0.05) is 26.0 Å². The van der Waals surface area contributed by atoms with Crippen molar-refractivity contribution in [1.82, 2.24) is 9.80 Å². The standard InChI is InChI=1S/C15H24N4O/c1-3-18(4-2)9-10-19-14(11-17-15(19)16)12-5-7-13(20)8-6-12/h5-8,14,20H,3-4,9-11H2,1-2H3,(H2,16,17). The molecule has 1 atom stereocenters. The molecule has 0 bridgehead atoms. The molecule has 0 fully saturated rings. The Labute approximate surface area is 120 Å². The topological polar surface area (TPSA) is 65.1 Å². The van der Waals surface area contributed by atoms with Gasteiger partial charge in [-0.2, -0.15) is 0 Å². The number of rotatable bonds is 6. The first-order chi connectivity index (χ1) is 9.65. The molecule has 0 saturated carbocycles. The minimum absolute atomic E-state index is 0.186. The van der Waals surface area contributed by atoms with Gasteiger partial charge >= 0.3 is 0 Å². The predicted molar refractivity (Wildman–Crippen MR) is 81.8 cm³/mol. The van der Waals surface area contributed by atoms with E-state index in [4.69, 9.17) is 5.73 Å². The largest absolute Gasteiger partial charge is 0.508 e. The van der Waals surface area contributed by atoms with E-state index in [9.17, 15) is 5.11 Å². The van der Waals surface area contributed by atoms with Crippen molar-refractivity contribution in [3.05, 3.63) is 29.8 Å². The van der Waals surface area contributed by atoms with Crippen LogP contribution in [-0.2, 0) is 0 Å². The average molecular weight is 276 g/mol. The molecule has 1 aromatic rings. The number of benzene rings is 1. The van der Waals surface area contributed by atoms with E-state index in [0.717, 1.165) is 31.7 Å². The molecule has 1 unspecified atom stereocenters. The maximum atomic E-state index is 9.38. The van der Waals surface area contributed by atoms with Crippen molar-refractivity contribution in [3.8, 4) is 5.75 Å². The Hall–Kier alpha value is -1.75. The highest BCUT2D eigenvalue weighted by Gasteiger charge is 2.27. The van der Waals surface area contributed by atoms with E-state index < -0.39 is 0 Å². The van der Waals surface area contributed by atoms with Crippen molar-refractivity contribution in [2.75, 3.05) is 32.7 Å². The Morgan fingerprint density at radius 1 is 1.30 bits per heavy atom. The molecular formula is C15H24N4O. The maximum absolute atomic E-state index is 9.38. The summed E-state index contributed by atoms with van der Waals surface area (Å²) in [4.78, 5) is 8.90. The number of phenols is 1. The SMILES string of the molecule is CCN(CC)CCN1C(N)=NCC1c1ccc(O)cc1. The van der Waals surface area contributed by atoms with Crippen LogP contribution in [-0.4, -0.2) is 53.6 Å². The molecule has 20 heavy (non-hydrogen) atoms. The van der Waals surface area contributed by atoms with Crippen LogP contribution < -0.4 is 5.73 Å². The normalized spacial score (nSPS) is 18.6. The molecule has 0 aromatic heterocycles. The van der Waals surface area contributed by atoms with Crippen molar-refractivity contribution in [1.29, 1.82) is 0 Å². The number of aromatic hydroxyl groups is 1. The van der Waals surface area contributed by atoms with Crippen molar-refractivity contribution < 1.29 is 5.11 Å². The number of hydrogen-bond acceptors (Lipinski definition) is 5. The first-order valence-corrected chi connectivity index (χ1v) is 7.23. The van der Waals surface area contributed by atoms with Crippen molar-refractivity contribution >= 4 is 5.96 Å². The van der Waals surface area contributed by atoms with Crippen LogP contribution in [0.15, 0.2) is 29.3 Å². The number of likely N-dealkylation sites (N-methyl/N-ethyl adjacent to an activating group) is 1. The molecule has 0 amide bonds. The number of hydrogen-bond donors (Lipinski definition) is 2. The van der Waals surface area contributed by atoms with Crippen molar-refractivity contribution in [2.45, 2.75) is 19.9 Å². The van der Waals surface area contributed by atoms with E-state index in [-0.39, 0.29) is 11.8 Å². The molecule has 1 aromatic carbocycles. The van der Waals surface area contributed by atoms with E-state index >= 15 is 0 Å². The van der Waals surface area contributed by atoms with Crippen LogP contribution in [0.3, 0.4) is 0 Å². The third kappa shape index (κ3) is 3.22. The molecule has 1 aliphatic heterocycles. The van der Waals surface area contributed by atoms with Crippen molar-refractivity contribution in [3.63, 3.8) is 0 Å². The van der Waals surface area contributed by atoms with Crippen LogP contribution in [0.1, 0.15) is 25.5 Å². The Bertz CT molecular complexity index is 453. The highest BCUT2D eigenvalue weighted by atomic mass is 16.3. The molecule has 110 valence electrons. The molecule has 3 N–H and O–H groups in total. The summed E-state index contributed by atoms with van der Waals surface area (Å²) >= 11 is 0. The molecule has 1 heterocycles. The lowest BCUT2D eigenvalue weighted by molar-refractivity contribution is 0.248. The van der Waals surface area contributed by atoms with Crippen LogP contribution in [0, 0.1) is 0 Å². The third-order valence-corrected chi connectivity index (χ3v) is 3.93. The molecule has 5 heteroatoms. The second-order valence-corrected chi connectivity index (χ2v) is 5.03. The number of aliphatic imine (C=N–C) groups is 1. The third-order valence-electron chi connectivity index (χ3n) is 3.93. The van der Waals surface area contributed by atoms with Gasteiger partial charge < -0.3 is 20.6 Å². The minimum Gasteiger partial charge on any atom is -0.508 e. The van der Waals surface area contributed by atoms with Gasteiger partial charge in [0.25, 0.3) is 0 Å². The maximum Gasteiger partial charge on any atom is 0.191 e. The lowest BCUT2D eigenvalue weighted by Gasteiger charge is -2.29. The smallest absolute Gasteiger partial charge is 0.191 e. The highest BCUT2D eigenvalue weighted by Crippen LogP contribution is 2.26. The summed E-state index contributed by atoms with van der Waals surface area (Å²) in [6.07, 6.45) is 0. The lowest BCUT2D eigenvalue weighted by atomic mass is 10.1. The molecule has 2 rings (SSSR count). The Kier molecular flexibility index (Phi) is 4.84. The predicted octanol–water partition coefficient (Wildman–Crippen LogP) is 1.41. The zero-order valence-electron chi connectivity index (χ0n) is 12.3. The fourth-order valence-corrected chi connectivity index (χ4v) is 2.57. The van der Waals surface area contributed by atoms with Crippen LogP contribution in [0.25, 0.3) is 0 Å². The summed E-state index contributed by atoms with van der Waals surface area (Å²) in [6.45, 7) is 8.98. The van der Waals surface area contributed by atoms with E-state index in [2.05, 4.69) is 28.6 Å². The molecule has 0 radical (unpaired) electrons. The molecular weight excluding hydrogens is 252 g/mol. The van der Waals surface area contributed by atoms with Gasteiger partial charge in [0, 0.05) is 13.1 Å². The monoisotopic (exact) mass is 276 g/mol. The fraction of sp³-hybridized carbons (Fsp3) is 0.533. The Morgan fingerprint density at radius 2 is 1.95 bits per heavy atom. The first-order valence-electron chi connectivity index (χ1n) is 7.23. The van der Waals surface area contributed by atoms with Gasteiger partial charge in [0.05, 0.1) is 12.6 Å². The molecule has 0 spiro atoms. The van der Waals surface area contributed by atoms with Gasteiger partial charge in [-0.15, -0.1) is 0 Å². The summed E-state index contributed by atoms with van der Waals surface area (Å²) in [5, 5.41) is 9.38. The number of nitrogens with two attached hydrogens (primary N) is 1. The Balaban J connectivity index is 2.04. The van der Waals surface area contributed by atoms with Gasteiger partial charge in [-0.05, 0) is 30.8 Å². The van der Waals surface area contributed by atoms with Crippen LogP contribution in [0.4, 0.5) is 0 Å². The fourth-order valence-electron chi connectivity index (χ4n) is 2.57. The lowest BCUT2D eigenvalue weighted by Crippen LogP contribution is -2.41. The summed E-state index contributed by atoms with van der Waals surface area (Å²) in [7, 11) is 0. The van der Waals surface area contributed by atoms with E-state index in [0.29, 0.717) is 12.5 Å². The van der Waals surface area contributed by atoms with E-state index in [1.54, 1.807) is 12.1 Å². The van der Waals surface area contributed by atoms with Gasteiger partial charge in [0.1, 0.15) is 5.75 Å². The second kappa shape index (κ2) is 6.61. The van der Waals surface area contributed by atoms with Crippen LogP contribution >= 0.6 is 0 Å². The molecule has 1 aliphatic rings. The summed E-state index contributed by atoms with van der Waals surface area (Å²) in [6, 6.07) is 7.50. The quantitative estimate of drug-likeness (QED) is 0.824.